The molecule has 0 radical (unpaired) electrons. The van der Waals surface area contributed by atoms with Crippen molar-refractivity contribution in [1.82, 2.24) is 0 Å². The zero-order valence-corrected chi connectivity index (χ0v) is 10.7. The highest BCUT2D eigenvalue weighted by Crippen LogP contribution is 2.18. The Bertz CT molecular complexity index is 880. The Morgan fingerprint density at radius 3 is 2.52 bits per heavy atom. The van der Waals surface area contributed by atoms with Gasteiger partial charge in [-0.2, -0.15) is 4.99 Å². The third kappa shape index (κ3) is 2.05. The Hall–Kier alpha value is -3.06. The molecule has 0 bridgehead atoms. The van der Waals surface area contributed by atoms with Gasteiger partial charge in [0.05, 0.1) is 0 Å². The van der Waals surface area contributed by atoms with E-state index in [9.17, 15) is 4.79 Å². The van der Waals surface area contributed by atoms with Gasteiger partial charge in [0.1, 0.15) is 0 Å². The Kier molecular flexibility index (Phi) is 2.96. The summed E-state index contributed by atoms with van der Waals surface area (Å²) in [6, 6.07) is 13.8. The van der Waals surface area contributed by atoms with E-state index in [0.29, 0.717) is 5.84 Å². The highest BCUT2D eigenvalue weighted by Gasteiger charge is 2.27. The molecule has 0 atom stereocenters. The van der Waals surface area contributed by atoms with Crippen LogP contribution in [-0.4, -0.2) is 28.8 Å². The number of rotatable bonds is 1. The number of carbonyl (C=O) groups is 1. The van der Waals surface area contributed by atoms with Crippen molar-refractivity contribution in [1.29, 1.82) is 0 Å². The summed E-state index contributed by atoms with van der Waals surface area (Å²) in [4.78, 5) is 20.0. The lowest BCUT2D eigenvalue weighted by atomic mass is 10.1. The number of amidine groups is 2. The van der Waals surface area contributed by atoms with Crippen LogP contribution in [0.3, 0.4) is 0 Å². The summed E-state index contributed by atoms with van der Waals surface area (Å²) in [5.41, 5.74) is 0.875. The molecule has 7 heteroatoms. The number of aliphatic imine (C=N–C) groups is 2. The van der Waals surface area contributed by atoms with Crippen LogP contribution in [0.4, 0.5) is 0 Å². The lowest BCUT2D eigenvalue weighted by Gasteiger charge is -2.07. The minimum atomic E-state index is -0.455. The van der Waals surface area contributed by atoms with Crippen LogP contribution in [0.15, 0.2) is 67.9 Å². The Balaban J connectivity index is 0.00000132. The predicted octanol–water partition coefficient (Wildman–Crippen LogP) is 1.52. The molecule has 4 rings (SSSR count). The van der Waals surface area contributed by atoms with E-state index in [-0.39, 0.29) is 17.0 Å². The maximum absolute atomic E-state index is 11.8. The molecule has 0 aliphatic carbocycles. The van der Waals surface area contributed by atoms with Gasteiger partial charge in [-0.25, -0.2) is 4.99 Å². The summed E-state index contributed by atoms with van der Waals surface area (Å²) in [6.07, 6.45) is 0. The topological polar surface area (TPSA) is 110 Å². The minimum Gasteiger partial charge on any atom is -0.412 e. The molecule has 2 aliphatic heterocycles. The molecule has 1 amide bonds. The van der Waals surface area contributed by atoms with E-state index in [0.717, 1.165) is 16.3 Å². The van der Waals surface area contributed by atoms with Gasteiger partial charge in [-0.3, -0.25) is 4.79 Å². The monoisotopic (exact) mass is 279 g/mol. The average Bonchev–Trinajstić information content (AvgIpc) is 2.96. The van der Waals surface area contributed by atoms with E-state index >= 15 is 0 Å². The summed E-state index contributed by atoms with van der Waals surface area (Å²) in [5, 5.41) is 12.9. The van der Waals surface area contributed by atoms with Gasteiger partial charge in [0.2, 0.25) is 11.5 Å². The molecular formula is C14H9N5O2. The zero-order chi connectivity index (χ0) is 13.5. The number of amides is 1. The molecule has 102 valence electrons. The van der Waals surface area contributed by atoms with Gasteiger partial charge in [0.25, 0.3) is 0 Å². The van der Waals surface area contributed by atoms with Gasteiger partial charge in [0.15, 0.2) is 5.84 Å². The summed E-state index contributed by atoms with van der Waals surface area (Å²) in [6.45, 7) is 0. The second kappa shape index (κ2) is 4.80. The molecule has 21 heavy (non-hydrogen) atoms. The first kappa shape index (κ1) is 12.9. The van der Waals surface area contributed by atoms with Crippen LogP contribution in [0, 0.1) is 0 Å². The van der Waals surface area contributed by atoms with Crippen LogP contribution in [0.2, 0.25) is 0 Å². The number of hydrogen-bond donors (Lipinski definition) is 0. The fourth-order valence-electron chi connectivity index (χ4n) is 2.15. The summed E-state index contributed by atoms with van der Waals surface area (Å²) in [5.74, 6) is 0.117. The fraction of sp³-hybridized carbons (Fsp3) is 0. The molecule has 0 fully saturated rings. The van der Waals surface area contributed by atoms with Crippen molar-refractivity contribution >= 4 is 34.1 Å². The Labute approximate surface area is 118 Å². The van der Waals surface area contributed by atoms with E-state index in [1.165, 1.54) is 0 Å². The van der Waals surface area contributed by atoms with Crippen LogP contribution < -0.4 is 0 Å². The molecule has 0 aromatic heterocycles. The smallest absolute Gasteiger partial charge is 0.303 e. The maximum Gasteiger partial charge on any atom is 0.303 e. The van der Waals surface area contributed by atoms with Crippen LogP contribution in [-0.2, 0) is 4.79 Å². The second-order valence-electron chi connectivity index (χ2n) is 4.38. The van der Waals surface area contributed by atoms with Gasteiger partial charge in [-0.15, -0.1) is 10.2 Å². The lowest BCUT2D eigenvalue weighted by Crippen LogP contribution is -2.25. The summed E-state index contributed by atoms with van der Waals surface area (Å²) in [7, 11) is 0. The molecule has 2 aliphatic rings. The fourth-order valence-corrected chi connectivity index (χ4v) is 2.15. The molecule has 2 heterocycles. The van der Waals surface area contributed by atoms with Crippen LogP contribution in [0.5, 0.6) is 0 Å². The van der Waals surface area contributed by atoms with Crippen LogP contribution >= 0.6 is 0 Å². The third-order valence-corrected chi connectivity index (χ3v) is 3.13. The number of hydrogen-bond acceptors (Lipinski definition) is 5. The van der Waals surface area contributed by atoms with E-state index < -0.39 is 5.91 Å². The van der Waals surface area contributed by atoms with Crippen LogP contribution in [0.25, 0.3) is 10.8 Å². The highest BCUT2D eigenvalue weighted by atomic mass is 16.1. The average molecular weight is 279 g/mol. The predicted molar refractivity (Wildman–Crippen MR) is 78.8 cm³/mol. The lowest BCUT2D eigenvalue weighted by molar-refractivity contribution is -0.111. The molecule has 0 saturated carbocycles. The maximum atomic E-state index is 11.8. The Morgan fingerprint density at radius 2 is 1.67 bits per heavy atom. The van der Waals surface area contributed by atoms with Gasteiger partial charge in [-0.1, -0.05) is 36.4 Å². The largest absolute Gasteiger partial charge is 0.412 e. The quantitative estimate of drug-likeness (QED) is 0.774. The molecule has 0 spiro atoms. The molecule has 7 nitrogen and oxygen atoms in total. The number of carbonyl (C=O) groups excluding carboxylic acids is 1. The highest BCUT2D eigenvalue weighted by molar-refractivity contribution is 6.69. The minimum absolute atomic E-state index is 0. The standard InChI is InChI=1S/C14H7N5O.H2O/c20-14-11-13(18-19-17-11)15-12(16-14)10-6-5-8-3-1-2-4-9(8)7-10;/h1-7H;1H2. The first-order valence-electron chi connectivity index (χ1n) is 6.01. The molecule has 0 unspecified atom stereocenters. The zero-order valence-electron chi connectivity index (χ0n) is 10.7. The first-order chi connectivity index (χ1) is 9.81. The van der Waals surface area contributed by atoms with Crippen molar-refractivity contribution in [3.05, 3.63) is 48.0 Å². The van der Waals surface area contributed by atoms with Crippen LogP contribution in [0.1, 0.15) is 5.56 Å². The van der Waals surface area contributed by atoms with Crippen molar-refractivity contribution in [2.24, 2.45) is 25.4 Å². The van der Waals surface area contributed by atoms with E-state index in [2.05, 4.69) is 25.4 Å². The molecule has 2 N–H and O–H groups in total. The van der Waals surface area contributed by atoms with E-state index in [1.807, 2.05) is 42.5 Å². The number of nitrogens with zero attached hydrogens (tertiary/aromatic N) is 5. The third-order valence-electron chi connectivity index (χ3n) is 3.13. The number of benzene rings is 2. The van der Waals surface area contributed by atoms with E-state index in [1.54, 1.807) is 0 Å². The summed E-state index contributed by atoms with van der Waals surface area (Å²) < 4.78 is 0. The van der Waals surface area contributed by atoms with Crippen molar-refractivity contribution in [3.63, 3.8) is 0 Å². The first-order valence-corrected chi connectivity index (χ1v) is 6.01. The molecular weight excluding hydrogens is 270 g/mol. The van der Waals surface area contributed by atoms with Crippen molar-refractivity contribution in [2.45, 2.75) is 0 Å². The van der Waals surface area contributed by atoms with Gasteiger partial charge in [-0.05, 0) is 22.1 Å². The van der Waals surface area contributed by atoms with Crippen molar-refractivity contribution in [3.8, 4) is 0 Å². The Morgan fingerprint density at radius 1 is 0.857 bits per heavy atom. The van der Waals surface area contributed by atoms with Crippen molar-refractivity contribution < 1.29 is 10.3 Å². The van der Waals surface area contributed by atoms with Crippen molar-refractivity contribution in [2.75, 3.05) is 0 Å². The normalized spacial score (nSPS) is 16.0. The van der Waals surface area contributed by atoms with Gasteiger partial charge < -0.3 is 5.48 Å². The van der Waals surface area contributed by atoms with Gasteiger partial charge >= 0.3 is 5.91 Å². The second-order valence-corrected chi connectivity index (χ2v) is 4.38. The molecule has 2 aromatic carbocycles. The summed E-state index contributed by atoms with van der Waals surface area (Å²) >= 11 is 0. The van der Waals surface area contributed by atoms with E-state index in [4.69, 9.17) is 0 Å². The van der Waals surface area contributed by atoms with Gasteiger partial charge in [0, 0.05) is 5.56 Å². The number of fused-ring (bicyclic) bond motifs is 2. The molecule has 2 aromatic rings. The molecule has 0 saturated heterocycles. The SMILES string of the molecule is O.O=C1N=C(c2ccc3ccccc3c2)N=C2N=NN=C12.